The Kier molecular flexibility index (Phi) is 4.98. The van der Waals surface area contributed by atoms with Crippen molar-refractivity contribution < 1.29 is 5.11 Å². The first-order valence-electron chi connectivity index (χ1n) is 9.64. The van der Waals surface area contributed by atoms with Crippen LogP contribution in [0.15, 0.2) is 72.8 Å². The first-order valence-corrected chi connectivity index (χ1v) is 9.64. The van der Waals surface area contributed by atoms with Crippen LogP contribution in [0.25, 0.3) is 11.6 Å². The van der Waals surface area contributed by atoms with Crippen LogP contribution in [0.5, 0.6) is 5.75 Å². The van der Waals surface area contributed by atoms with Gasteiger partial charge in [0, 0.05) is 36.5 Å². The van der Waals surface area contributed by atoms with Crippen LogP contribution < -0.4 is 4.90 Å². The van der Waals surface area contributed by atoms with E-state index in [1.165, 1.54) is 16.8 Å². The lowest BCUT2D eigenvalue weighted by Crippen LogP contribution is -2.22. The van der Waals surface area contributed by atoms with Gasteiger partial charge in [0.1, 0.15) is 5.75 Å². The molecule has 0 unspecified atom stereocenters. The molecule has 1 aliphatic rings. The number of benzene rings is 3. The van der Waals surface area contributed by atoms with E-state index in [1.54, 1.807) is 12.1 Å². The molecule has 3 aromatic rings. The van der Waals surface area contributed by atoms with Crippen molar-refractivity contribution in [1.29, 1.82) is 5.41 Å². The lowest BCUT2D eigenvalue weighted by atomic mass is 9.87. The second kappa shape index (κ2) is 7.73. The van der Waals surface area contributed by atoms with Gasteiger partial charge in [0.15, 0.2) is 0 Å². The number of anilines is 1. The maximum absolute atomic E-state index is 9.49. The Labute approximate surface area is 166 Å². The van der Waals surface area contributed by atoms with E-state index in [0.717, 1.165) is 29.8 Å². The Bertz CT molecular complexity index is 1020. The predicted octanol–water partition coefficient (Wildman–Crippen LogP) is 5.54. The van der Waals surface area contributed by atoms with E-state index < -0.39 is 0 Å². The van der Waals surface area contributed by atoms with Crippen molar-refractivity contribution in [2.45, 2.75) is 19.9 Å². The molecule has 0 saturated heterocycles. The van der Waals surface area contributed by atoms with Crippen LogP contribution in [0.3, 0.4) is 0 Å². The minimum absolute atomic E-state index is 0.292. The van der Waals surface area contributed by atoms with E-state index in [1.807, 2.05) is 30.3 Å². The van der Waals surface area contributed by atoms with Gasteiger partial charge in [-0.05, 0) is 59.5 Å². The molecule has 4 rings (SSSR count). The topological polar surface area (TPSA) is 47.3 Å². The van der Waals surface area contributed by atoms with Crippen LogP contribution in [0.4, 0.5) is 5.69 Å². The number of nitrogens with zero attached hydrogens (tertiary/aromatic N) is 1. The maximum atomic E-state index is 9.49. The Morgan fingerprint density at radius 2 is 1.71 bits per heavy atom. The summed E-state index contributed by atoms with van der Waals surface area (Å²) in [5.41, 5.74) is 7.50. The summed E-state index contributed by atoms with van der Waals surface area (Å²) in [5, 5.41) is 18.0. The van der Waals surface area contributed by atoms with Gasteiger partial charge in [0.2, 0.25) is 0 Å². The third-order valence-electron chi connectivity index (χ3n) is 5.26. The van der Waals surface area contributed by atoms with Crippen LogP contribution in [-0.2, 0) is 13.0 Å². The smallest absolute Gasteiger partial charge is 0.115 e. The molecule has 2 N–H and O–H groups in total. The number of phenols is 1. The molecule has 0 fully saturated rings. The molecule has 0 spiro atoms. The number of allylic oxidation sites excluding steroid dienone is 1. The number of nitrogens with one attached hydrogen (secondary N) is 1. The molecule has 3 heteroatoms. The number of rotatable bonds is 5. The normalized spacial score (nSPS) is 13.0. The van der Waals surface area contributed by atoms with Gasteiger partial charge in [-0.1, -0.05) is 48.5 Å². The van der Waals surface area contributed by atoms with Gasteiger partial charge in [0.25, 0.3) is 0 Å². The summed E-state index contributed by atoms with van der Waals surface area (Å²) in [7, 11) is 0. The van der Waals surface area contributed by atoms with Crippen LogP contribution in [0, 0.1) is 5.41 Å². The van der Waals surface area contributed by atoms with E-state index in [0.29, 0.717) is 17.9 Å². The standard InChI is InChI=1S/C25H24N2O/c1-2-27(17-18-8-12-23(28)13-9-18)22-11-10-20-15-24(19-6-4-3-5-7-19)25(26)16-21(20)14-22/h3-15,26,28H,2,16-17H2,1H3. The minimum Gasteiger partial charge on any atom is -0.508 e. The van der Waals surface area contributed by atoms with Gasteiger partial charge < -0.3 is 15.4 Å². The first-order chi connectivity index (χ1) is 13.6. The molecular formula is C25H24N2O. The molecule has 0 aliphatic heterocycles. The van der Waals surface area contributed by atoms with E-state index in [9.17, 15) is 5.11 Å². The quantitative estimate of drug-likeness (QED) is 0.621. The van der Waals surface area contributed by atoms with Gasteiger partial charge in [0.05, 0.1) is 0 Å². The Hall–Kier alpha value is -3.33. The van der Waals surface area contributed by atoms with E-state index >= 15 is 0 Å². The summed E-state index contributed by atoms with van der Waals surface area (Å²) in [6.45, 7) is 3.83. The second-order valence-electron chi connectivity index (χ2n) is 7.14. The molecule has 1 aliphatic carbocycles. The third kappa shape index (κ3) is 3.70. The van der Waals surface area contributed by atoms with Crippen molar-refractivity contribution in [2.24, 2.45) is 0 Å². The SMILES string of the molecule is CCN(Cc1ccc(O)cc1)c1ccc2c(c1)CC(=N)C(c1ccccc1)=C2. The van der Waals surface area contributed by atoms with Crippen molar-refractivity contribution in [3.8, 4) is 5.75 Å². The number of phenolic OH excluding ortho intramolecular Hbond substituents is 1. The Morgan fingerprint density at radius 3 is 2.43 bits per heavy atom. The molecule has 0 atom stereocenters. The van der Waals surface area contributed by atoms with Gasteiger partial charge >= 0.3 is 0 Å². The number of hydrogen-bond acceptors (Lipinski definition) is 3. The predicted molar refractivity (Wildman–Crippen MR) is 117 cm³/mol. The van der Waals surface area contributed by atoms with Gasteiger partial charge in [-0.2, -0.15) is 0 Å². The van der Waals surface area contributed by atoms with Crippen LogP contribution in [-0.4, -0.2) is 17.4 Å². The molecule has 28 heavy (non-hydrogen) atoms. The zero-order valence-electron chi connectivity index (χ0n) is 16.0. The zero-order chi connectivity index (χ0) is 19.5. The summed E-state index contributed by atoms with van der Waals surface area (Å²) in [6.07, 6.45) is 2.79. The molecule has 3 aromatic carbocycles. The second-order valence-corrected chi connectivity index (χ2v) is 7.14. The number of aromatic hydroxyl groups is 1. The zero-order valence-corrected chi connectivity index (χ0v) is 16.0. The van der Waals surface area contributed by atoms with Crippen LogP contribution in [0.1, 0.15) is 29.2 Å². The average Bonchev–Trinajstić information content (AvgIpc) is 2.73. The van der Waals surface area contributed by atoms with Gasteiger partial charge in [-0.25, -0.2) is 0 Å². The highest BCUT2D eigenvalue weighted by atomic mass is 16.3. The van der Waals surface area contributed by atoms with Crippen molar-refractivity contribution in [1.82, 2.24) is 0 Å². The molecule has 0 bridgehead atoms. The molecular weight excluding hydrogens is 344 g/mol. The summed E-state index contributed by atoms with van der Waals surface area (Å²) in [6, 6.07) is 24.1. The molecule has 140 valence electrons. The Balaban J connectivity index is 1.62. The van der Waals surface area contributed by atoms with Crippen molar-refractivity contribution in [2.75, 3.05) is 11.4 Å². The van der Waals surface area contributed by atoms with Crippen molar-refractivity contribution in [3.63, 3.8) is 0 Å². The summed E-state index contributed by atoms with van der Waals surface area (Å²) in [4.78, 5) is 2.31. The van der Waals surface area contributed by atoms with E-state index in [-0.39, 0.29) is 0 Å². The highest BCUT2D eigenvalue weighted by molar-refractivity contribution is 6.28. The molecule has 3 nitrogen and oxygen atoms in total. The fourth-order valence-electron chi connectivity index (χ4n) is 3.69. The fraction of sp³-hybridized carbons (Fsp3) is 0.160. The van der Waals surface area contributed by atoms with E-state index in [2.05, 4.69) is 48.2 Å². The maximum Gasteiger partial charge on any atom is 0.115 e. The van der Waals surface area contributed by atoms with Crippen molar-refractivity contribution in [3.05, 3.63) is 95.1 Å². The van der Waals surface area contributed by atoms with Crippen molar-refractivity contribution >= 4 is 23.0 Å². The molecule has 0 saturated carbocycles. The highest BCUT2D eigenvalue weighted by Gasteiger charge is 2.18. The first kappa shape index (κ1) is 18.1. The largest absolute Gasteiger partial charge is 0.508 e. The van der Waals surface area contributed by atoms with E-state index in [4.69, 9.17) is 5.41 Å². The lowest BCUT2D eigenvalue weighted by molar-refractivity contribution is 0.475. The lowest BCUT2D eigenvalue weighted by Gasteiger charge is -2.26. The monoisotopic (exact) mass is 368 g/mol. The fourth-order valence-corrected chi connectivity index (χ4v) is 3.69. The molecule has 0 radical (unpaired) electrons. The van der Waals surface area contributed by atoms with Gasteiger partial charge in [-0.15, -0.1) is 0 Å². The third-order valence-corrected chi connectivity index (χ3v) is 5.26. The van der Waals surface area contributed by atoms with Crippen LogP contribution >= 0.6 is 0 Å². The number of fused-ring (bicyclic) bond motifs is 1. The Morgan fingerprint density at radius 1 is 0.964 bits per heavy atom. The summed E-state index contributed by atoms with van der Waals surface area (Å²) in [5.74, 6) is 0.292. The molecule has 0 aromatic heterocycles. The van der Waals surface area contributed by atoms with Crippen LogP contribution in [0.2, 0.25) is 0 Å². The molecule has 0 amide bonds. The van der Waals surface area contributed by atoms with Gasteiger partial charge in [-0.3, -0.25) is 0 Å². The molecule has 0 heterocycles. The highest BCUT2D eigenvalue weighted by Crippen LogP contribution is 2.31. The number of hydrogen-bond donors (Lipinski definition) is 2. The minimum atomic E-state index is 0.292. The summed E-state index contributed by atoms with van der Waals surface area (Å²) >= 11 is 0. The average molecular weight is 368 g/mol. The summed E-state index contributed by atoms with van der Waals surface area (Å²) < 4.78 is 0.